The Labute approximate surface area is 163 Å². The van der Waals surface area contributed by atoms with Crippen molar-refractivity contribution in [1.82, 2.24) is 20.2 Å². The van der Waals surface area contributed by atoms with Gasteiger partial charge in [0.1, 0.15) is 6.54 Å². The van der Waals surface area contributed by atoms with E-state index in [-0.39, 0.29) is 18.2 Å². The minimum absolute atomic E-state index is 0.00254. The molecule has 1 aliphatic rings. The summed E-state index contributed by atoms with van der Waals surface area (Å²) < 4.78 is 0. The van der Waals surface area contributed by atoms with Gasteiger partial charge in [0.15, 0.2) is 5.78 Å². The Hall–Kier alpha value is -3.35. The van der Waals surface area contributed by atoms with E-state index < -0.39 is 0 Å². The summed E-state index contributed by atoms with van der Waals surface area (Å²) in [4.78, 5) is 27.6. The second kappa shape index (κ2) is 7.72. The molecule has 1 aliphatic heterocycles. The van der Waals surface area contributed by atoms with Crippen LogP contribution in [0.3, 0.4) is 0 Å². The summed E-state index contributed by atoms with van der Waals surface area (Å²) in [6, 6.07) is 15.1. The predicted molar refractivity (Wildman–Crippen MR) is 105 cm³/mol. The number of hydrogen-bond acceptors (Lipinski definition) is 5. The van der Waals surface area contributed by atoms with Crippen molar-refractivity contribution in [2.75, 3.05) is 11.4 Å². The van der Waals surface area contributed by atoms with Crippen LogP contribution in [0.1, 0.15) is 35.7 Å². The van der Waals surface area contributed by atoms with Crippen molar-refractivity contribution in [2.24, 2.45) is 0 Å². The molecule has 0 aliphatic carbocycles. The molecule has 28 heavy (non-hydrogen) atoms. The smallest absolute Gasteiger partial charge is 0.227 e. The maximum absolute atomic E-state index is 12.7. The summed E-state index contributed by atoms with van der Waals surface area (Å²) in [5.41, 5.74) is 3.40. The van der Waals surface area contributed by atoms with Gasteiger partial charge in [-0.3, -0.25) is 9.59 Å². The third-order valence-electron chi connectivity index (χ3n) is 4.91. The van der Waals surface area contributed by atoms with Gasteiger partial charge in [0.2, 0.25) is 11.7 Å². The van der Waals surface area contributed by atoms with Gasteiger partial charge in [-0.25, -0.2) is 0 Å². The maximum atomic E-state index is 12.7. The van der Waals surface area contributed by atoms with Crippen LogP contribution in [0.4, 0.5) is 5.69 Å². The number of carbonyl (C=O) groups is 2. The first-order chi connectivity index (χ1) is 13.6. The van der Waals surface area contributed by atoms with Crippen molar-refractivity contribution in [3.05, 3.63) is 59.7 Å². The molecule has 7 nitrogen and oxygen atoms in total. The van der Waals surface area contributed by atoms with Crippen LogP contribution in [-0.2, 0) is 17.8 Å². The molecule has 0 spiro atoms. The zero-order chi connectivity index (χ0) is 19.5. The van der Waals surface area contributed by atoms with Crippen molar-refractivity contribution < 1.29 is 9.59 Å². The number of carbonyl (C=O) groups excluding carboxylic acids is 2. The van der Waals surface area contributed by atoms with E-state index in [9.17, 15) is 9.59 Å². The second-order valence-corrected chi connectivity index (χ2v) is 6.82. The number of anilines is 1. The van der Waals surface area contributed by atoms with Crippen molar-refractivity contribution in [1.29, 1.82) is 0 Å². The fraction of sp³-hybridized carbons (Fsp3) is 0.286. The molecule has 2 aromatic carbocycles. The molecule has 0 atom stereocenters. The highest BCUT2D eigenvalue weighted by atomic mass is 16.2. The Morgan fingerprint density at radius 2 is 1.96 bits per heavy atom. The highest BCUT2D eigenvalue weighted by Crippen LogP contribution is 2.22. The fourth-order valence-electron chi connectivity index (χ4n) is 3.30. The van der Waals surface area contributed by atoms with E-state index in [0.29, 0.717) is 24.4 Å². The molecule has 4 rings (SSSR count). The standard InChI is InChI=1S/C21H21N5O2/c1-2-15-8-10-16(11-9-15)21-22-24-26(23-21)14-19(27)17-5-3-6-18(13-17)25-12-4-7-20(25)28/h3,5-6,8-11,13H,2,4,7,12,14H2,1H3. The van der Waals surface area contributed by atoms with E-state index in [1.54, 1.807) is 23.1 Å². The van der Waals surface area contributed by atoms with Crippen molar-refractivity contribution in [2.45, 2.75) is 32.7 Å². The monoisotopic (exact) mass is 375 g/mol. The van der Waals surface area contributed by atoms with Crippen LogP contribution in [0.5, 0.6) is 0 Å². The van der Waals surface area contributed by atoms with Gasteiger partial charge in [-0.1, -0.05) is 43.3 Å². The minimum Gasteiger partial charge on any atom is -0.312 e. The zero-order valence-corrected chi connectivity index (χ0v) is 15.7. The van der Waals surface area contributed by atoms with Gasteiger partial charge in [-0.15, -0.1) is 10.2 Å². The van der Waals surface area contributed by atoms with Gasteiger partial charge in [0.25, 0.3) is 0 Å². The molecule has 0 bridgehead atoms. The number of tetrazole rings is 1. The lowest BCUT2D eigenvalue weighted by molar-refractivity contribution is -0.117. The Balaban J connectivity index is 1.48. The second-order valence-electron chi connectivity index (χ2n) is 6.82. The number of amides is 1. The number of aromatic nitrogens is 4. The summed E-state index contributed by atoms with van der Waals surface area (Å²) in [6.07, 6.45) is 2.38. The first-order valence-corrected chi connectivity index (χ1v) is 9.45. The van der Waals surface area contributed by atoms with E-state index in [0.717, 1.165) is 24.1 Å². The first kappa shape index (κ1) is 18.0. The van der Waals surface area contributed by atoms with Gasteiger partial charge in [0.05, 0.1) is 0 Å². The maximum Gasteiger partial charge on any atom is 0.227 e. The van der Waals surface area contributed by atoms with Gasteiger partial charge in [-0.05, 0) is 35.8 Å². The van der Waals surface area contributed by atoms with E-state index in [1.165, 1.54) is 10.4 Å². The molecule has 0 radical (unpaired) electrons. The molecule has 0 N–H and O–H groups in total. The predicted octanol–water partition coefficient (Wildman–Crippen LogP) is 2.91. The Kier molecular flexibility index (Phi) is 4.97. The van der Waals surface area contributed by atoms with E-state index in [4.69, 9.17) is 0 Å². The lowest BCUT2D eigenvalue weighted by Crippen LogP contribution is -2.24. The number of aryl methyl sites for hydroxylation is 1. The number of benzene rings is 2. The zero-order valence-electron chi connectivity index (χ0n) is 15.7. The summed E-state index contributed by atoms with van der Waals surface area (Å²) in [5, 5.41) is 12.4. The summed E-state index contributed by atoms with van der Waals surface area (Å²) in [5.74, 6) is 0.465. The van der Waals surface area contributed by atoms with Crippen molar-refractivity contribution in [3.63, 3.8) is 0 Å². The number of rotatable bonds is 6. The average molecular weight is 375 g/mol. The molecule has 1 aromatic heterocycles. The third-order valence-corrected chi connectivity index (χ3v) is 4.91. The first-order valence-electron chi connectivity index (χ1n) is 9.45. The molecule has 0 unspecified atom stereocenters. The fourth-order valence-corrected chi connectivity index (χ4v) is 3.30. The molecule has 1 fully saturated rings. The molecule has 2 heterocycles. The number of ketones is 1. The van der Waals surface area contributed by atoms with Gasteiger partial charge >= 0.3 is 0 Å². The molecule has 142 valence electrons. The largest absolute Gasteiger partial charge is 0.312 e. The van der Waals surface area contributed by atoms with Crippen LogP contribution in [0.25, 0.3) is 11.4 Å². The van der Waals surface area contributed by atoms with Gasteiger partial charge < -0.3 is 4.90 Å². The van der Waals surface area contributed by atoms with Crippen molar-refractivity contribution in [3.8, 4) is 11.4 Å². The Morgan fingerprint density at radius 1 is 1.14 bits per heavy atom. The molecule has 1 amide bonds. The van der Waals surface area contributed by atoms with Crippen LogP contribution in [-0.4, -0.2) is 38.4 Å². The van der Waals surface area contributed by atoms with Crippen molar-refractivity contribution >= 4 is 17.4 Å². The van der Waals surface area contributed by atoms with Crippen LogP contribution in [0, 0.1) is 0 Å². The third kappa shape index (κ3) is 3.69. The summed E-state index contributed by atoms with van der Waals surface area (Å²) in [7, 11) is 0. The number of nitrogens with zero attached hydrogens (tertiary/aromatic N) is 5. The summed E-state index contributed by atoms with van der Waals surface area (Å²) >= 11 is 0. The Bertz CT molecular complexity index is 1010. The Morgan fingerprint density at radius 3 is 2.68 bits per heavy atom. The highest BCUT2D eigenvalue weighted by molar-refractivity contribution is 5.99. The van der Waals surface area contributed by atoms with Crippen LogP contribution in [0.2, 0.25) is 0 Å². The SMILES string of the molecule is CCc1ccc(-c2nnn(CC(=O)c3cccc(N4CCCC4=O)c3)n2)cc1. The lowest BCUT2D eigenvalue weighted by atomic mass is 10.1. The van der Waals surface area contributed by atoms with E-state index in [1.807, 2.05) is 30.3 Å². The minimum atomic E-state index is -0.126. The number of hydrogen-bond donors (Lipinski definition) is 0. The molecule has 0 saturated carbocycles. The molecular weight excluding hydrogens is 354 g/mol. The highest BCUT2D eigenvalue weighted by Gasteiger charge is 2.22. The average Bonchev–Trinajstić information content (AvgIpc) is 3.37. The van der Waals surface area contributed by atoms with Gasteiger partial charge in [0, 0.05) is 29.8 Å². The molecule has 7 heteroatoms. The topological polar surface area (TPSA) is 81.0 Å². The normalized spacial score (nSPS) is 13.9. The van der Waals surface area contributed by atoms with Crippen LogP contribution < -0.4 is 4.90 Å². The van der Waals surface area contributed by atoms with E-state index >= 15 is 0 Å². The van der Waals surface area contributed by atoms with Gasteiger partial charge in [-0.2, -0.15) is 4.80 Å². The van der Waals surface area contributed by atoms with Crippen LogP contribution >= 0.6 is 0 Å². The lowest BCUT2D eigenvalue weighted by Gasteiger charge is -2.16. The quantitative estimate of drug-likeness (QED) is 0.619. The van der Waals surface area contributed by atoms with E-state index in [2.05, 4.69) is 22.3 Å². The molecular formula is C21H21N5O2. The number of Topliss-reactive ketones (excluding diaryl/α,β-unsaturated/α-hetero) is 1. The summed E-state index contributed by atoms with van der Waals surface area (Å²) in [6.45, 7) is 2.79. The molecule has 1 saturated heterocycles. The van der Waals surface area contributed by atoms with Crippen LogP contribution in [0.15, 0.2) is 48.5 Å². The molecule has 3 aromatic rings.